The molecule has 0 saturated heterocycles. The molecule has 7 nitrogen and oxygen atoms in total. The molecule has 0 saturated carbocycles. The van der Waals surface area contributed by atoms with Gasteiger partial charge in [-0.3, -0.25) is 9.78 Å². The van der Waals surface area contributed by atoms with E-state index in [9.17, 15) is 13.2 Å². The molecule has 1 aromatic heterocycles. The number of hydrogen-bond donors (Lipinski definition) is 2. The van der Waals surface area contributed by atoms with Crippen LogP contribution in [0.25, 0.3) is 0 Å². The number of rotatable bonds is 4. The van der Waals surface area contributed by atoms with E-state index in [0.29, 0.717) is 11.3 Å². The van der Waals surface area contributed by atoms with Crippen molar-refractivity contribution >= 4 is 21.6 Å². The number of nitrogens with one attached hydrogen (secondary N) is 1. The zero-order valence-electron chi connectivity index (χ0n) is 11.1. The highest BCUT2D eigenvalue weighted by atomic mass is 32.2. The fraction of sp³-hybridized carbons (Fsp3) is 0.0769. The normalized spacial score (nSPS) is 11.0. The van der Waals surface area contributed by atoms with Crippen LogP contribution in [0.4, 0.5) is 5.69 Å². The second kappa shape index (κ2) is 5.90. The van der Waals surface area contributed by atoms with Crippen LogP contribution in [0.15, 0.2) is 47.6 Å². The largest absolute Gasteiger partial charge is 0.495 e. The first-order valence-electron chi connectivity index (χ1n) is 5.84. The Labute approximate surface area is 121 Å². The van der Waals surface area contributed by atoms with Gasteiger partial charge in [-0.1, -0.05) is 0 Å². The van der Waals surface area contributed by atoms with Crippen molar-refractivity contribution in [1.82, 2.24) is 4.98 Å². The van der Waals surface area contributed by atoms with Gasteiger partial charge >= 0.3 is 0 Å². The van der Waals surface area contributed by atoms with Gasteiger partial charge in [-0.2, -0.15) is 0 Å². The van der Waals surface area contributed by atoms with Crippen LogP contribution in [0.1, 0.15) is 10.4 Å². The van der Waals surface area contributed by atoms with Crippen molar-refractivity contribution in [2.75, 3.05) is 12.4 Å². The van der Waals surface area contributed by atoms with Gasteiger partial charge in [0, 0.05) is 29.7 Å². The minimum Gasteiger partial charge on any atom is -0.495 e. The molecular weight excluding hydrogens is 294 g/mol. The molecule has 0 spiro atoms. The van der Waals surface area contributed by atoms with Crippen molar-refractivity contribution < 1.29 is 17.9 Å². The summed E-state index contributed by atoms with van der Waals surface area (Å²) >= 11 is 0. The minimum atomic E-state index is -3.89. The molecule has 0 fully saturated rings. The fourth-order valence-electron chi connectivity index (χ4n) is 1.69. The van der Waals surface area contributed by atoms with Crippen LogP contribution < -0.4 is 15.2 Å². The number of nitrogens with two attached hydrogens (primary N) is 1. The van der Waals surface area contributed by atoms with Crippen molar-refractivity contribution in [2.24, 2.45) is 5.14 Å². The third-order valence-corrected chi connectivity index (χ3v) is 3.62. The third-order valence-electron chi connectivity index (χ3n) is 2.67. The van der Waals surface area contributed by atoms with Crippen molar-refractivity contribution in [2.45, 2.75) is 4.90 Å². The van der Waals surface area contributed by atoms with Crippen molar-refractivity contribution in [3.63, 3.8) is 0 Å². The summed E-state index contributed by atoms with van der Waals surface area (Å²) in [7, 11) is -2.57. The monoisotopic (exact) mass is 307 g/mol. The van der Waals surface area contributed by atoms with Crippen LogP contribution in [0, 0.1) is 0 Å². The maximum atomic E-state index is 12.0. The molecule has 0 aliphatic heterocycles. The Bertz CT molecular complexity index is 760. The van der Waals surface area contributed by atoms with E-state index >= 15 is 0 Å². The maximum Gasteiger partial charge on any atom is 0.255 e. The molecule has 0 bridgehead atoms. The number of sulfonamides is 1. The Balaban J connectivity index is 2.28. The molecule has 8 heteroatoms. The lowest BCUT2D eigenvalue weighted by Gasteiger charge is -2.10. The first-order chi connectivity index (χ1) is 9.91. The van der Waals surface area contributed by atoms with E-state index in [0.717, 1.165) is 0 Å². The van der Waals surface area contributed by atoms with Gasteiger partial charge in [-0.15, -0.1) is 0 Å². The Kier molecular flexibility index (Phi) is 4.20. The smallest absolute Gasteiger partial charge is 0.255 e. The molecule has 1 amide bonds. The maximum absolute atomic E-state index is 12.0. The van der Waals surface area contributed by atoms with Gasteiger partial charge in [0.2, 0.25) is 10.0 Å². The van der Waals surface area contributed by atoms with Crippen LogP contribution in [-0.2, 0) is 10.0 Å². The summed E-state index contributed by atoms with van der Waals surface area (Å²) in [4.78, 5) is 15.6. The number of carbonyl (C=O) groups excluding carboxylic acids is 1. The highest BCUT2D eigenvalue weighted by Gasteiger charge is 2.16. The molecule has 0 aliphatic carbocycles. The summed E-state index contributed by atoms with van der Waals surface area (Å²) in [5, 5.41) is 7.70. The van der Waals surface area contributed by atoms with E-state index in [1.807, 2.05) is 0 Å². The molecular formula is C13H13N3O4S. The van der Waals surface area contributed by atoms with E-state index in [-0.39, 0.29) is 16.6 Å². The number of nitrogens with zero attached hydrogens (tertiary/aromatic N) is 1. The van der Waals surface area contributed by atoms with Gasteiger partial charge in [-0.25, -0.2) is 13.6 Å². The highest BCUT2D eigenvalue weighted by molar-refractivity contribution is 7.89. The van der Waals surface area contributed by atoms with Crippen molar-refractivity contribution in [3.8, 4) is 5.75 Å². The standard InChI is InChI=1S/C13H13N3O4S/c1-20-11-8-10(2-3-12(11)21(14,18)19)16-13(17)9-4-6-15-7-5-9/h2-8H,1H3,(H,16,17)(H2,14,18,19). The Hall–Kier alpha value is -2.45. The second-order valence-electron chi connectivity index (χ2n) is 4.10. The second-order valence-corrected chi connectivity index (χ2v) is 5.63. The van der Waals surface area contributed by atoms with Gasteiger partial charge in [0.1, 0.15) is 10.6 Å². The average Bonchev–Trinajstić information content (AvgIpc) is 2.46. The lowest BCUT2D eigenvalue weighted by molar-refractivity contribution is 0.102. The van der Waals surface area contributed by atoms with E-state index < -0.39 is 10.0 Å². The molecule has 3 N–H and O–H groups in total. The number of benzene rings is 1. The fourth-order valence-corrected chi connectivity index (χ4v) is 2.37. The first kappa shape index (κ1) is 14.9. The van der Waals surface area contributed by atoms with E-state index in [1.54, 1.807) is 12.1 Å². The SMILES string of the molecule is COc1cc(NC(=O)c2ccncc2)ccc1S(N)(=O)=O. The molecule has 110 valence electrons. The number of amides is 1. The van der Waals surface area contributed by atoms with Gasteiger partial charge in [0.25, 0.3) is 5.91 Å². The van der Waals surface area contributed by atoms with E-state index in [1.165, 1.54) is 37.7 Å². The summed E-state index contributed by atoms with van der Waals surface area (Å²) in [5.41, 5.74) is 0.820. The highest BCUT2D eigenvalue weighted by Crippen LogP contribution is 2.26. The first-order valence-corrected chi connectivity index (χ1v) is 7.38. The van der Waals surface area contributed by atoms with E-state index in [4.69, 9.17) is 9.88 Å². The van der Waals surface area contributed by atoms with Crippen LogP contribution in [-0.4, -0.2) is 26.4 Å². The van der Waals surface area contributed by atoms with Crippen LogP contribution in [0.5, 0.6) is 5.75 Å². The topological polar surface area (TPSA) is 111 Å². The summed E-state index contributed by atoms with van der Waals surface area (Å²) in [6.45, 7) is 0. The average molecular weight is 307 g/mol. The molecule has 21 heavy (non-hydrogen) atoms. The third kappa shape index (κ3) is 3.56. The van der Waals surface area contributed by atoms with Crippen LogP contribution >= 0.6 is 0 Å². The molecule has 0 atom stereocenters. The summed E-state index contributed by atoms with van der Waals surface area (Å²) in [6.07, 6.45) is 3.00. The van der Waals surface area contributed by atoms with Crippen LogP contribution in [0.3, 0.4) is 0 Å². The lowest BCUT2D eigenvalue weighted by atomic mass is 10.2. The van der Waals surface area contributed by atoms with Crippen molar-refractivity contribution in [3.05, 3.63) is 48.3 Å². The zero-order valence-corrected chi connectivity index (χ0v) is 11.9. The zero-order chi connectivity index (χ0) is 15.5. The number of carbonyl (C=O) groups is 1. The molecule has 0 aliphatic rings. The number of hydrogen-bond acceptors (Lipinski definition) is 5. The number of ether oxygens (including phenoxy) is 1. The van der Waals surface area contributed by atoms with Gasteiger partial charge in [0.15, 0.2) is 0 Å². The Morgan fingerprint density at radius 3 is 2.48 bits per heavy atom. The molecule has 1 aromatic carbocycles. The number of aromatic nitrogens is 1. The quantitative estimate of drug-likeness (QED) is 0.875. The summed E-state index contributed by atoms with van der Waals surface area (Å²) in [6, 6.07) is 7.22. The predicted molar refractivity (Wildman–Crippen MR) is 76.6 cm³/mol. The minimum absolute atomic E-state index is 0.0602. The lowest BCUT2D eigenvalue weighted by Crippen LogP contribution is -2.15. The van der Waals surface area contributed by atoms with Gasteiger partial charge in [-0.05, 0) is 24.3 Å². The van der Waals surface area contributed by atoms with Crippen LogP contribution in [0.2, 0.25) is 0 Å². The molecule has 1 heterocycles. The van der Waals surface area contributed by atoms with Gasteiger partial charge in [0.05, 0.1) is 7.11 Å². The molecule has 2 rings (SSSR count). The number of primary sulfonamides is 1. The summed E-state index contributed by atoms with van der Waals surface area (Å²) in [5.74, 6) is -0.284. The van der Waals surface area contributed by atoms with Crippen molar-refractivity contribution in [1.29, 1.82) is 0 Å². The Morgan fingerprint density at radius 2 is 1.90 bits per heavy atom. The molecule has 0 radical (unpaired) electrons. The number of anilines is 1. The Morgan fingerprint density at radius 1 is 1.24 bits per heavy atom. The predicted octanol–water partition coefficient (Wildman–Crippen LogP) is 0.990. The van der Waals surface area contributed by atoms with E-state index in [2.05, 4.69) is 10.3 Å². The molecule has 0 unspecified atom stereocenters. The van der Waals surface area contributed by atoms with Gasteiger partial charge < -0.3 is 10.1 Å². The number of pyridine rings is 1. The number of methoxy groups -OCH3 is 1. The molecule has 2 aromatic rings. The summed E-state index contributed by atoms with van der Waals surface area (Å²) < 4.78 is 27.7.